The van der Waals surface area contributed by atoms with Gasteiger partial charge in [0, 0.05) is 18.2 Å². The Morgan fingerprint density at radius 1 is 1.11 bits per heavy atom. The Morgan fingerprint density at radius 3 is 2.58 bits per heavy atom. The summed E-state index contributed by atoms with van der Waals surface area (Å²) in [6, 6.07) is 12.5. The van der Waals surface area contributed by atoms with E-state index in [0.29, 0.717) is 12.1 Å². The second-order valence-electron chi connectivity index (χ2n) is 4.73. The van der Waals surface area contributed by atoms with Gasteiger partial charge in [-0.15, -0.1) is 0 Å². The zero-order chi connectivity index (χ0) is 13.8. The molecule has 0 aliphatic heterocycles. The van der Waals surface area contributed by atoms with Gasteiger partial charge in [0.2, 0.25) is 0 Å². The van der Waals surface area contributed by atoms with Crippen LogP contribution in [0.25, 0.3) is 0 Å². The third-order valence-corrected chi connectivity index (χ3v) is 3.17. The Morgan fingerprint density at radius 2 is 1.84 bits per heavy atom. The summed E-state index contributed by atoms with van der Waals surface area (Å²) in [5, 5.41) is 3.20. The van der Waals surface area contributed by atoms with Crippen LogP contribution in [0.2, 0.25) is 0 Å². The summed E-state index contributed by atoms with van der Waals surface area (Å²) in [4.78, 5) is 0. The second kappa shape index (κ2) is 5.93. The average molecular weight is 261 g/mol. The van der Waals surface area contributed by atoms with E-state index >= 15 is 0 Å². The molecule has 1 atom stereocenters. The van der Waals surface area contributed by atoms with E-state index in [1.54, 1.807) is 6.07 Å². The molecule has 0 bridgehead atoms. The molecule has 19 heavy (non-hydrogen) atoms. The Kier molecular flexibility index (Phi) is 4.27. The molecule has 2 aromatic rings. The summed E-state index contributed by atoms with van der Waals surface area (Å²) in [5.41, 5.74) is 2.67. The highest BCUT2D eigenvalue weighted by Gasteiger charge is 2.09. The summed E-state index contributed by atoms with van der Waals surface area (Å²) >= 11 is 0. The number of aryl methyl sites for hydroxylation is 1. The Hall–Kier alpha value is -1.74. The maximum Gasteiger partial charge on any atom is 0.163 e. The van der Waals surface area contributed by atoms with Gasteiger partial charge in [0.05, 0.1) is 0 Å². The largest absolute Gasteiger partial charge is 0.306 e. The van der Waals surface area contributed by atoms with Crippen molar-refractivity contribution in [3.63, 3.8) is 0 Å². The summed E-state index contributed by atoms with van der Waals surface area (Å²) in [5.74, 6) is -1.58. The smallest absolute Gasteiger partial charge is 0.163 e. The van der Waals surface area contributed by atoms with E-state index in [0.717, 1.165) is 11.6 Å². The zero-order valence-corrected chi connectivity index (χ0v) is 11.1. The van der Waals surface area contributed by atoms with E-state index in [1.807, 2.05) is 32.0 Å². The van der Waals surface area contributed by atoms with Crippen LogP contribution in [0, 0.1) is 18.6 Å². The molecule has 2 aromatic carbocycles. The number of benzene rings is 2. The molecule has 0 aliphatic carbocycles. The van der Waals surface area contributed by atoms with E-state index in [9.17, 15) is 8.78 Å². The number of hydrogen-bond acceptors (Lipinski definition) is 1. The molecule has 0 aliphatic rings. The SMILES string of the molecule is Cc1cccc([C@@H](C)NCc2cccc(F)c2F)c1. The van der Waals surface area contributed by atoms with Crippen molar-refractivity contribution in [3.8, 4) is 0 Å². The van der Waals surface area contributed by atoms with Gasteiger partial charge < -0.3 is 5.32 Å². The molecule has 0 heterocycles. The van der Waals surface area contributed by atoms with Crippen molar-refractivity contribution in [3.05, 3.63) is 70.8 Å². The van der Waals surface area contributed by atoms with Gasteiger partial charge in [0.25, 0.3) is 0 Å². The molecule has 0 radical (unpaired) electrons. The molecule has 3 heteroatoms. The molecule has 0 fully saturated rings. The number of halogens is 2. The molecular weight excluding hydrogens is 244 g/mol. The predicted molar refractivity (Wildman–Crippen MR) is 72.8 cm³/mol. The van der Waals surface area contributed by atoms with Crippen LogP contribution < -0.4 is 5.32 Å². The van der Waals surface area contributed by atoms with E-state index in [-0.39, 0.29) is 6.04 Å². The van der Waals surface area contributed by atoms with Crippen molar-refractivity contribution in [2.24, 2.45) is 0 Å². The highest BCUT2D eigenvalue weighted by atomic mass is 19.2. The van der Waals surface area contributed by atoms with E-state index in [1.165, 1.54) is 11.6 Å². The van der Waals surface area contributed by atoms with Crippen molar-refractivity contribution in [1.82, 2.24) is 5.32 Å². The lowest BCUT2D eigenvalue weighted by molar-refractivity contribution is 0.484. The van der Waals surface area contributed by atoms with E-state index < -0.39 is 11.6 Å². The van der Waals surface area contributed by atoms with Gasteiger partial charge >= 0.3 is 0 Å². The lowest BCUT2D eigenvalue weighted by Crippen LogP contribution is -2.19. The molecule has 0 saturated heterocycles. The first-order valence-electron chi connectivity index (χ1n) is 6.31. The molecule has 100 valence electrons. The van der Waals surface area contributed by atoms with Gasteiger partial charge in [0.15, 0.2) is 11.6 Å². The monoisotopic (exact) mass is 261 g/mol. The second-order valence-corrected chi connectivity index (χ2v) is 4.73. The predicted octanol–water partition coefficient (Wildman–Crippen LogP) is 4.12. The summed E-state index contributed by atoms with van der Waals surface area (Å²) in [7, 11) is 0. The Labute approximate surface area is 112 Å². The quantitative estimate of drug-likeness (QED) is 0.872. The van der Waals surface area contributed by atoms with Gasteiger partial charge in [0.1, 0.15) is 0 Å². The summed E-state index contributed by atoms with van der Waals surface area (Å²) < 4.78 is 26.6. The number of hydrogen-bond donors (Lipinski definition) is 1. The summed E-state index contributed by atoms with van der Waals surface area (Å²) in [6.07, 6.45) is 0. The van der Waals surface area contributed by atoms with Crippen LogP contribution in [-0.4, -0.2) is 0 Å². The van der Waals surface area contributed by atoms with Gasteiger partial charge in [-0.1, -0.05) is 42.0 Å². The topological polar surface area (TPSA) is 12.0 Å². The van der Waals surface area contributed by atoms with Gasteiger partial charge in [-0.05, 0) is 25.5 Å². The molecule has 1 nitrogen and oxygen atoms in total. The maximum absolute atomic E-state index is 13.5. The summed E-state index contributed by atoms with van der Waals surface area (Å²) in [6.45, 7) is 4.34. The van der Waals surface area contributed by atoms with Crippen LogP contribution in [0.1, 0.15) is 29.7 Å². The van der Waals surface area contributed by atoms with Gasteiger partial charge in [-0.3, -0.25) is 0 Å². The van der Waals surface area contributed by atoms with Crippen molar-refractivity contribution in [1.29, 1.82) is 0 Å². The minimum Gasteiger partial charge on any atom is -0.306 e. The normalized spacial score (nSPS) is 12.4. The fourth-order valence-corrected chi connectivity index (χ4v) is 2.01. The molecule has 1 N–H and O–H groups in total. The van der Waals surface area contributed by atoms with Crippen LogP contribution in [0.4, 0.5) is 8.78 Å². The first-order valence-corrected chi connectivity index (χ1v) is 6.31. The molecule has 0 aromatic heterocycles. The molecular formula is C16H17F2N. The van der Waals surface area contributed by atoms with Crippen LogP contribution >= 0.6 is 0 Å². The zero-order valence-electron chi connectivity index (χ0n) is 11.1. The lowest BCUT2D eigenvalue weighted by Gasteiger charge is -2.15. The molecule has 0 saturated carbocycles. The minimum atomic E-state index is -0.803. The van der Waals surface area contributed by atoms with Crippen molar-refractivity contribution in [2.75, 3.05) is 0 Å². The van der Waals surface area contributed by atoms with E-state index in [2.05, 4.69) is 11.4 Å². The molecule has 0 unspecified atom stereocenters. The highest BCUT2D eigenvalue weighted by Crippen LogP contribution is 2.16. The maximum atomic E-state index is 13.5. The third kappa shape index (κ3) is 3.38. The standard InChI is InChI=1S/C16H17F2N/c1-11-5-3-6-13(9-11)12(2)19-10-14-7-4-8-15(17)16(14)18/h3-9,12,19H,10H2,1-2H3/t12-/m1/s1. The molecule has 0 spiro atoms. The van der Waals surface area contributed by atoms with Crippen LogP contribution in [-0.2, 0) is 6.54 Å². The fraction of sp³-hybridized carbons (Fsp3) is 0.250. The molecule has 0 amide bonds. The van der Waals surface area contributed by atoms with Gasteiger partial charge in [-0.2, -0.15) is 0 Å². The van der Waals surface area contributed by atoms with Crippen LogP contribution in [0.3, 0.4) is 0 Å². The lowest BCUT2D eigenvalue weighted by atomic mass is 10.1. The fourth-order valence-electron chi connectivity index (χ4n) is 2.01. The first-order chi connectivity index (χ1) is 9.08. The average Bonchev–Trinajstić information content (AvgIpc) is 2.40. The van der Waals surface area contributed by atoms with Crippen molar-refractivity contribution in [2.45, 2.75) is 26.4 Å². The highest BCUT2D eigenvalue weighted by molar-refractivity contribution is 5.25. The number of nitrogens with one attached hydrogen (secondary N) is 1. The van der Waals surface area contributed by atoms with Crippen LogP contribution in [0.15, 0.2) is 42.5 Å². The van der Waals surface area contributed by atoms with Crippen molar-refractivity contribution < 1.29 is 8.78 Å². The molecule has 2 rings (SSSR count). The Bertz CT molecular complexity index is 566. The number of rotatable bonds is 4. The van der Waals surface area contributed by atoms with Gasteiger partial charge in [-0.25, -0.2) is 8.78 Å². The van der Waals surface area contributed by atoms with Crippen LogP contribution in [0.5, 0.6) is 0 Å². The minimum absolute atomic E-state index is 0.0857. The first kappa shape index (κ1) is 13.7. The third-order valence-electron chi connectivity index (χ3n) is 3.17. The van der Waals surface area contributed by atoms with Crippen molar-refractivity contribution >= 4 is 0 Å². The van der Waals surface area contributed by atoms with E-state index in [4.69, 9.17) is 0 Å². The Balaban J connectivity index is 2.04.